The van der Waals surface area contributed by atoms with Crippen LogP contribution in [-0.4, -0.2) is 47.9 Å². The zero-order valence-corrected chi connectivity index (χ0v) is 11.2. The van der Waals surface area contributed by atoms with Gasteiger partial charge in [0.05, 0.1) is 0 Å². The summed E-state index contributed by atoms with van der Waals surface area (Å²) in [5, 5.41) is 0. The number of rotatable bonds is 0. The summed E-state index contributed by atoms with van der Waals surface area (Å²) in [4.78, 5) is 0. The molecule has 0 fully saturated rings. The second kappa shape index (κ2) is 97.0. The average molecular weight is 373 g/mol. The van der Waals surface area contributed by atoms with Crippen LogP contribution in [0.5, 0.6) is 0 Å². The van der Waals surface area contributed by atoms with Gasteiger partial charge in [0.2, 0.25) is 0 Å². The van der Waals surface area contributed by atoms with E-state index in [0.29, 0.717) is 0 Å². The van der Waals surface area contributed by atoms with E-state index in [-0.39, 0.29) is 29.7 Å². The van der Waals surface area contributed by atoms with Gasteiger partial charge in [-0.3, -0.25) is 0 Å². The van der Waals surface area contributed by atoms with E-state index in [1.807, 2.05) is 0 Å². The maximum absolute atomic E-state index is 4.81. The van der Waals surface area contributed by atoms with Crippen LogP contribution in [-0.2, 0) is 0 Å². The molecule has 0 heterocycles. The van der Waals surface area contributed by atoms with E-state index >= 15 is 0 Å². The molecule has 5 heteroatoms. The van der Waals surface area contributed by atoms with Crippen LogP contribution in [0.4, 0.5) is 0 Å². The third kappa shape index (κ3) is 185. The molecule has 0 aromatic rings. The zero-order valence-electron chi connectivity index (χ0n) is 2.98. The van der Waals surface area contributed by atoms with Crippen molar-refractivity contribution in [2.45, 2.75) is 29.7 Å². The van der Waals surface area contributed by atoms with E-state index in [4.69, 9.17) is 9.38 Å². The van der Waals surface area contributed by atoms with Crippen LogP contribution in [0.25, 0.3) is 0 Å². The minimum atomic E-state index is -0.875. The quantitative estimate of drug-likeness (QED) is 0.544. The Morgan fingerprint density at radius 2 is 0.889 bits per heavy atom. The third-order valence-corrected chi connectivity index (χ3v) is 0. The van der Waals surface area contributed by atoms with Gasteiger partial charge in [-0.2, -0.15) is 0 Å². The SMILES string of the molecule is C.C.C.C.[GeH2]=[Te].[NH2][GeH2][NH2]. The summed E-state index contributed by atoms with van der Waals surface area (Å²) in [6.45, 7) is 0. The van der Waals surface area contributed by atoms with E-state index in [2.05, 4.69) is 19.3 Å². The van der Waals surface area contributed by atoms with Crippen molar-refractivity contribution in [1.29, 1.82) is 0 Å². The monoisotopic (exact) mass is 378 g/mol. The van der Waals surface area contributed by atoms with Crippen molar-refractivity contribution in [2.75, 3.05) is 0 Å². The Morgan fingerprint density at radius 1 is 0.889 bits per heavy atom. The fourth-order valence-electron chi connectivity index (χ4n) is 0. The Bertz CT molecular complexity index is 20.5. The Balaban J connectivity index is -0.00000000357. The van der Waals surface area contributed by atoms with Gasteiger partial charge in [-0.1, -0.05) is 29.7 Å². The molecule has 0 radical (unpaired) electrons. The summed E-state index contributed by atoms with van der Waals surface area (Å²) in [6, 6.07) is 0. The molecule has 0 unspecified atom stereocenters. The summed E-state index contributed by atoms with van der Waals surface area (Å²) in [6.07, 6.45) is 0. The Kier molecular flexibility index (Phi) is 485. The topological polar surface area (TPSA) is 52.0 Å². The summed E-state index contributed by atoms with van der Waals surface area (Å²) in [5.74, 6) is 0. The summed E-state index contributed by atoms with van der Waals surface area (Å²) in [7, 11) is 0. The fourth-order valence-corrected chi connectivity index (χ4v) is 0. The molecule has 0 aliphatic heterocycles. The van der Waals surface area contributed by atoms with Crippen LogP contribution in [0.2, 0.25) is 0 Å². The molecule has 0 atom stereocenters. The molecule has 0 spiro atoms. The van der Waals surface area contributed by atoms with Gasteiger partial charge in [0.1, 0.15) is 0 Å². The zero-order chi connectivity index (χ0) is 4.71. The molecule has 0 aromatic heterocycles. The molecule has 0 aromatic carbocycles. The first-order valence-corrected chi connectivity index (χ1v) is 14.3. The van der Waals surface area contributed by atoms with E-state index in [1.54, 1.807) is 0 Å². The predicted octanol–water partition coefficient (Wildman–Crippen LogP) is -0.850. The van der Waals surface area contributed by atoms with E-state index in [1.165, 1.54) is 12.7 Å². The Labute approximate surface area is 86.3 Å². The van der Waals surface area contributed by atoms with Crippen LogP contribution in [0, 0.1) is 0 Å². The number of nitrogens with two attached hydrogens (primary N) is 2. The van der Waals surface area contributed by atoms with Crippen LogP contribution >= 0.6 is 0 Å². The fraction of sp³-hybridized carbons (Fsp3) is 1.00. The average Bonchev–Trinajstić information content (AvgIpc) is 1.46. The van der Waals surface area contributed by atoms with Crippen LogP contribution in [0.15, 0.2) is 0 Å². The third-order valence-electron chi connectivity index (χ3n) is 0. The molecule has 0 aliphatic rings. The molecule has 0 saturated heterocycles. The van der Waals surface area contributed by atoms with Crippen molar-refractivity contribution < 1.29 is 0 Å². The molecule has 0 aliphatic carbocycles. The van der Waals surface area contributed by atoms with Crippen molar-refractivity contribution in [2.24, 2.45) is 9.38 Å². The number of hydrogen-bond acceptors (Lipinski definition) is 2. The van der Waals surface area contributed by atoms with E-state index < -0.39 is 15.9 Å². The van der Waals surface area contributed by atoms with Crippen molar-refractivity contribution >= 4 is 47.9 Å². The summed E-state index contributed by atoms with van der Waals surface area (Å²) in [5.41, 5.74) is 0. The molecule has 64 valence electrons. The normalized spacial score (nSPS) is 2.44. The van der Waals surface area contributed by atoms with Crippen molar-refractivity contribution in [3.8, 4) is 0 Å². The second-order valence-corrected chi connectivity index (χ2v) is 1.22. The van der Waals surface area contributed by atoms with Gasteiger partial charge in [0.25, 0.3) is 0 Å². The van der Waals surface area contributed by atoms with Crippen LogP contribution in [0.1, 0.15) is 29.7 Å². The first-order chi connectivity index (χ1) is 2.41. The van der Waals surface area contributed by atoms with E-state index in [0.717, 1.165) is 0 Å². The molecule has 0 saturated carbocycles. The molecule has 9 heavy (non-hydrogen) atoms. The second-order valence-electron chi connectivity index (χ2n) is 0.236. The molecule has 4 N–H and O–H groups in total. The van der Waals surface area contributed by atoms with Gasteiger partial charge in [-0.25, -0.2) is 0 Å². The first-order valence-electron chi connectivity index (χ1n) is 1.11. The molecule has 0 rings (SSSR count). The molecular formula is C4H24Ge2N2Te. The van der Waals surface area contributed by atoms with Crippen molar-refractivity contribution in [3.63, 3.8) is 0 Å². The van der Waals surface area contributed by atoms with Crippen LogP contribution < -0.4 is 9.38 Å². The molecular weight excluding hydrogens is 349 g/mol. The van der Waals surface area contributed by atoms with E-state index in [9.17, 15) is 0 Å². The van der Waals surface area contributed by atoms with Gasteiger partial charge >= 0.3 is 57.3 Å². The number of hydrogen-bond donors (Lipinski definition) is 2. The molecule has 0 amide bonds. The van der Waals surface area contributed by atoms with Crippen molar-refractivity contribution in [3.05, 3.63) is 0 Å². The first kappa shape index (κ1) is 45.0. The van der Waals surface area contributed by atoms with Crippen LogP contribution in [0.3, 0.4) is 0 Å². The molecule has 2 nitrogen and oxygen atoms in total. The van der Waals surface area contributed by atoms with Gasteiger partial charge in [0, 0.05) is 0 Å². The standard InChI is InChI=1S/4CH4.GeH6N2.GeH2Te/c;;;;2-1-3;1-2/h4*1H4;1-3H2;1H2. The Hall–Kier alpha value is 1.80. The predicted molar refractivity (Wildman–Crippen MR) is 58.1 cm³/mol. The maximum atomic E-state index is 4.81. The van der Waals surface area contributed by atoms with Gasteiger partial charge in [0.15, 0.2) is 0 Å². The molecule has 0 bridgehead atoms. The summed E-state index contributed by atoms with van der Waals surface area (Å²) < 4.78 is 9.62. The van der Waals surface area contributed by atoms with Gasteiger partial charge < -0.3 is 0 Å². The Morgan fingerprint density at radius 3 is 0.889 bits per heavy atom. The minimum absolute atomic E-state index is 0. The van der Waals surface area contributed by atoms with Gasteiger partial charge in [-0.15, -0.1) is 0 Å². The van der Waals surface area contributed by atoms with Crippen molar-refractivity contribution in [1.82, 2.24) is 0 Å². The summed E-state index contributed by atoms with van der Waals surface area (Å²) >= 11 is 2.58. The van der Waals surface area contributed by atoms with Gasteiger partial charge in [-0.05, 0) is 0 Å².